The third-order valence-corrected chi connectivity index (χ3v) is 2.67. The zero-order valence-electron chi connectivity index (χ0n) is 7.30. The van der Waals surface area contributed by atoms with Gasteiger partial charge in [-0.2, -0.15) is 0 Å². The summed E-state index contributed by atoms with van der Waals surface area (Å²) in [6.07, 6.45) is 0.981. The van der Waals surface area contributed by atoms with E-state index < -0.39 is 15.8 Å². The van der Waals surface area contributed by atoms with Crippen molar-refractivity contribution in [3.63, 3.8) is 0 Å². The normalized spacial score (nSPS) is 10.4. The number of hydrogen-bond acceptors (Lipinski definition) is 3. The average molecular weight is 237 g/mol. The fraction of sp³-hybridized carbons (Fsp3) is 0.125. The molecule has 0 heterocycles. The number of carboxylic acid groups (broad SMARTS) is 1. The first-order chi connectivity index (χ1) is 5.93. The summed E-state index contributed by atoms with van der Waals surface area (Å²) in [6, 6.07) is 5.51. The van der Waals surface area contributed by atoms with Crippen molar-refractivity contribution >= 4 is 28.2 Å². The van der Waals surface area contributed by atoms with Gasteiger partial charge in [0.2, 0.25) is 0 Å². The summed E-state index contributed by atoms with van der Waals surface area (Å²) in [4.78, 5) is 10.5. The lowest BCUT2D eigenvalue weighted by Crippen LogP contribution is -2.06. The van der Waals surface area contributed by atoms with Gasteiger partial charge in [0, 0.05) is 6.26 Å². The van der Waals surface area contributed by atoms with E-state index in [4.69, 9.17) is 5.11 Å². The number of benzene rings is 1. The second-order valence-corrected chi connectivity index (χ2v) is 4.56. The highest BCUT2D eigenvalue weighted by Gasteiger charge is 2.16. The molecule has 1 aromatic carbocycles. The molecule has 0 saturated heterocycles. The van der Waals surface area contributed by atoms with Crippen molar-refractivity contribution in [1.82, 2.24) is 0 Å². The van der Waals surface area contributed by atoms with Crippen LogP contribution in [0.4, 0.5) is 0 Å². The Bertz CT molecular complexity index is 438. The van der Waals surface area contributed by atoms with Crippen LogP contribution in [0.1, 0.15) is 10.4 Å². The monoisotopic (exact) mass is 236 g/mol. The fourth-order valence-corrected chi connectivity index (χ4v) is 1.85. The van der Waals surface area contributed by atoms with Crippen molar-refractivity contribution in [2.24, 2.45) is 0 Å². The average Bonchev–Trinajstić information content (AvgIpc) is 2.03. The van der Waals surface area contributed by atoms with Gasteiger partial charge in [-0.25, -0.2) is 13.2 Å². The summed E-state index contributed by atoms with van der Waals surface area (Å²) in [5.74, 6) is -1.24. The minimum atomic E-state index is -3.46. The molecular weight excluding hydrogens is 228 g/mol. The van der Waals surface area contributed by atoms with E-state index in [1.165, 1.54) is 24.3 Å². The Morgan fingerprint density at radius 2 is 1.79 bits per heavy atom. The number of halogens is 1. The number of carboxylic acids is 1. The molecule has 0 radical (unpaired) electrons. The van der Waals surface area contributed by atoms with Gasteiger partial charge in [0.15, 0.2) is 9.84 Å². The first-order valence-electron chi connectivity index (χ1n) is 3.45. The van der Waals surface area contributed by atoms with Gasteiger partial charge in [0.25, 0.3) is 0 Å². The Labute approximate surface area is 87.9 Å². The molecule has 1 rings (SSSR count). The summed E-state index contributed by atoms with van der Waals surface area (Å²) in [5, 5.41) is 8.66. The van der Waals surface area contributed by atoms with Crippen molar-refractivity contribution in [3.8, 4) is 0 Å². The van der Waals surface area contributed by atoms with E-state index in [2.05, 4.69) is 0 Å². The Balaban J connectivity index is 0.00000169. The Kier molecular flexibility index (Phi) is 4.09. The van der Waals surface area contributed by atoms with Crippen LogP contribution in [0.3, 0.4) is 0 Å². The third-order valence-electron chi connectivity index (χ3n) is 1.52. The van der Waals surface area contributed by atoms with Crippen LogP contribution in [0.5, 0.6) is 0 Å². The highest BCUT2D eigenvalue weighted by atomic mass is 35.5. The smallest absolute Gasteiger partial charge is 0.337 e. The molecule has 1 N–H and O–H groups in total. The van der Waals surface area contributed by atoms with Gasteiger partial charge in [-0.3, -0.25) is 0 Å². The molecule has 0 aromatic heterocycles. The van der Waals surface area contributed by atoms with Crippen LogP contribution in [-0.2, 0) is 9.84 Å². The summed E-state index contributed by atoms with van der Waals surface area (Å²) in [5.41, 5.74) is -0.190. The number of sulfone groups is 1. The topological polar surface area (TPSA) is 71.4 Å². The molecule has 0 aliphatic carbocycles. The van der Waals surface area contributed by atoms with Crippen molar-refractivity contribution in [2.75, 3.05) is 6.26 Å². The second kappa shape index (κ2) is 4.43. The first kappa shape index (κ1) is 12.9. The lowest BCUT2D eigenvalue weighted by molar-refractivity contribution is 0.0692. The van der Waals surface area contributed by atoms with Crippen LogP contribution >= 0.6 is 12.4 Å². The SMILES string of the molecule is CS(=O)(=O)c1ccccc1C(=O)O.Cl. The van der Waals surface area contributed by atoms with Crippen LogP contribution in [-0.4, -0.2) is 25.7 Å². The molecule has 0 unspecified atom stereocenters. The zero-order chi connectivity index (χ0) is 10.1. The molecule has 0 aliphatic rings. The van der Waals surface area contributed by atoms with Gasteiger partial charge in [-0.1, -0.05) is 12.1 Å². The molecule has 0 amide bonds. The van der Waals surface area contributed by atoms with Crippen molar-refractivity contribution in [1.29, 1.82) is 0 Å². The van der Waals surface area contributed by atoms with E-state index in [9.17, 15) is 13.2 Å². The van der Waals surface area contributed by atoms with Gasteiger partial charge in [-0.15, -0.1) is 12.4 Å². The predicted molar refractivity (Wildman–Crippen MR) is 53.8 cm³/mol. The van der Waals surface area contributed by atoms with E-state index in [1.807, 2.05) is 0 Å². The van der Waals surface area contributed by atoms with Gasteiger partial charge in [0.05, 0.1) is 10.5 Å². The third kappa shape index (κ3) is 2.71. The Morgan fingerprint density at radius 3 is 2.14 bits per heavy atom. The summed E-state index contributed by atoms with van der Waals surface area (Å²) in [6.45, 7) is 0. The fourth-order valence-electron chi connectivity index (χ4n) is 0.967. The molecule has 0 bridgehead atoms. The molecule has 14 heavy (non-hydrogen) atoms. The molecular formula is C8H9ClO4S. The number of carbonyl (C=O) groups is 1. The van der Waals surface area contributed by atoms with Crippen LogP contribution < -0.4 is 0 Å². The minimum absolute atomic E-state index is 0. The summed E-state index contributed by atoms with van der Waals surface area (Å²) >= 11 is 0. The van der Waals surface area contributed by atoms with Crippen LogP contribution in [0, 0.1) is 0 Å². The minimum Gasteiger partial charge on any atom is -0.478 e. The predicted octanol–water partition coefficient (Wildman–Crippen LogP) is 1.21. The molecule has 0 atom stereocenters. The Morgan fingerprint density at radius 1 is 1.29 bits per heavy atom. The Hall–Kier alpha value is -1.07. The molecule has 1 aromatic rings. The highest BCUT2D eigenvalue weighted by molar-refractivity contribution is 7.90. The van der Waals surface area contributed by atoms with Gasteiger partial charge in [-0.05, 0) is 12.1 Å². The van der Waals surface area contributed by atoms with E-state index in [1.54, 1.807) is 0 Å². The van der Waals surface area contributed by atoms with E-state index in [0.717, 1.165) is 6.26 Å². The maximum atomic E-state index is 11.1. The van der Waals surface area contributed by atoms with Gasteiger partial charge >= 0.3 is 5.97 Å². The number of rotatable bonds is 2. The number of aromatic carboxylic acids is 1. The standard InChI is InChI=1S/C8H8O4S.ClH/c1-13(11,12)7-5-3-2-4-6(7)8(9)10;/h2-5H,1H3,(H,9,10);1H. The van der Waals surface area contributed by atoms with Gasteiger partial charge < -0.3 is 5.11 Å². The first-order valence-corrected chi connectivity index (χ1v) is 5.34. The molecule has 0 saturated carbocycles. The molecule has 78 valence electrons. The zero-order valence-corrected chi connectivity index (χ0v) is 8.93. The molecule has 4 nitrogen and oxygen atoms in total. The molecule has 6 heteroatoms. The molecule has 0 aliphatic heterocycles. The summed E-state index contributed by atoms with van der Waals surface area (Å²) in [7, 11) is -3.46. The van der Waals surface area contributed by atoms with E-state index in [-0.39, 0.29) is 22.9 Å². The quantitative estimate of drug-likeness (QED) is 0.838. The van der Waals surface area contributed by atoms with Crippen LogP contribution in [0.2, 0.25) is 0 Å². The van der Waals surface area contributed by atoms with Crippen LogP contribution in [0.15, 0.2) is 29.2 Å². The lowest BCUT2D eigenvalue weighted by Gasteiger charge is -2.01. The van der Waals surface area contributed by atoms with Crippen molar-refractivity contribution in [3.05, 3.63) is 29.8 Å². The van der Waals surface area contributed by atoms with Crippen molar-refractivity contribution in [2.45, 2.75) is 4.90 Å². The van der Waals surface area contributed by atoms with E-state index >= 15 is 0 Å². The van der Waals surface area contributed by atoms with Crippen molar-refractivity contribution < 1.29 is 18.3 Å². The highest BCUT2D eigenvalue weighted by Crippen LogP contribution is 2.14. The van der Waals surface area contributed by atoms with Crippen LogP contribution in [0.25, 0.3) is 0 Å². The maximum absolute atomic E-state index is 11.1. The van der Waals surface area contributed by atoms with Gasteiger partial charge in [0.1, 0.15) is 0 Å². The summed E-state index contributed by atoms with van der Waals surface area (Å²) < 4.78 is 22.2. The largest absolute Gasteiger partial charge is 0.478 e. The van der Waals surface area contributed by atoms with E-state index in [0.29, 0.717) is 0 Å². The molecule has 0 fully saturated rings. The lowest BCUT2D eigenvalue weighted by atomic mass is 10.2. The number of hydrogen-bond donors (Lipinski definition) is 1. The maximum Gasteiger partial charge on any atom is 0.337 e. The molecule has 0 spiro atoms. The second-order valence-electron chi connectivity index (χ2n) is 2.57.